The number of thiocarbonyl (C=S) groups is 1. The highest BCUT2D eigenvalue weighted by Crippen LogP contribution is 2.34. The molecule has 186 valence electrons. The molecule has 5 rings (SSSR count). The van der Waals surface area contributed by atoms with Gasteiger partial charge in [-0.3, -0.25) is 18.9 Å². The number of thioether (sulfide) groups is 1. The lowest BCUT2D eigenvalue weighted by molar-refractivity contribution is -0.122. The summed E-state index contributed by atoms with van der Waals surface area (Å²) in [7, 11) is 0. The van der Waals surface area contributed by atoms with E-state index in [9.17, 15) is 9.59 Å². The number of rotatable bonds is 5. The molecule has 8 heteroatoms. The number of fused-ring (bicyclic) bond motifs is 1. The molecule has 2 atom stereocenters. The van der Waals surface area contributed by atoms with Crippen LogP contribution >= 0.6 is 24.0 Å². The first-order valence-corrected chi connectivity index (χ1v) is 13.6. The molecule has 0 bridgehead atoms. The molecule has 0 radical (unpaired) electrons. The number of benzene rings is 1. The summed E-state index contributed by atoms with van der Waals surface area (Å²) in [6.45, 7) is 8.60. The SMILES string of the molecule is Cc1cccn2c(=O)c(/C=C3\SC(=S)N(CCc4ccccc4)C3=O)c(N3C[C@H](C)C[C@@H](C)C3)nc12. The van der Waals surface area contributed by atoms with E-state index in [1.807, 2.05) is 49.4 Å². The first-order chi connectivity index (χ1) is 17.3. The molecule has 0 saturated carbocycles. The summed E-state index contributed by atoms with van der Waals surface area (Å²) in [5.41, 5.74) is 3.02. The van der Waals surface area contributed by atoms with E-state index in [0.29, 0.717) is 44.6 Å². The summed E-state index contributed by atoms with van der Waals surface area (Å²) in [5.74, 6) is 1.49. The van der Waals surface area contributed by atoms with E-state index in [1.54, 1.807) is 21.6 Å². The molecule has 1 amide bonds. The highest BCUT2D eigenvalue weighted by atomic mass is 32.2. The van der Waals surface area contributed by atoms with Crippen LogP contribution in [0.4, 0.5) is 5.82 Å². The topological polar surface area (TPSA) is 57.9 Å². The number of aromatic nitrogens is 2. The van der Waals surface area contributed by atoms with Crippen molar-refractivity contribution in [2.24, 2.45) is 11.8 Å². The largest absolute Gasteiger partial charge is 0.355 e. The quantitative estimate of drug-likeness (QED) is 0.353. The lowest BCUT2D eigenvalue weighted by Gasteiger charge is -2.36. The molecule has 2 aromatic heterocycles. The van der Waals surface area contributed by atoms with Gasteiger partial charge in [0.15, 0.2) is 0 Å². The van der Waals surface area contributed by atoms with Gasteiger partial charge in [0.25, 0.3) is 11.5 Å². The molecule has 2 fully saturated rings. The van der Waals surface area contributed by atoms with E-state index in [1.165, 1.54) is 11.8 Å². The first kappa shape index (κ1) is 24.7. The standard InChI is InChI=1S/C28H30N4O2S2/c1-18-14-19(2)17-30(16-18)25-22(26(33)31-12-7-8-20(3)24(31)29-25)15-23-27(34)32(28(35)36-23)13-11-21-9-5-4-6-10-21/h4-10,12,15,18-19H,11,13-14,16-17H2,1-3H3/b23-15-/t18-,19-/m1/s1. The Labute approximate surface area is 221 Å². The number of pyridine rings is 1. The Morgan fingerprint density at radius 3 is 2.53 bits per heavy atom. The minimum atomic E-state index is -0.167. The van der Waals surface area contributed by atoms with Crippen molar-refractivity contribution < 1.29 is 4.79 Å². The van der Waals surface area contributed by atoms with Crippen LogP contribution in [-0.2, 0) is 11.2 Å². The van der Waals surface area contributed by atoms with Crippen molar-refractivity contribution in [3.8, 4) is 0 Å². The third-order valence-electron chi connectivity index (χ3n) is 6.85. The maximum absolute atomic E-state index is 13.8. The van der Waals surface area contributed by atoms with Crippen molar-refractivity contribution in [1.29, 1.82) is 0 Å². The molecule has 2 aliphatic rings. The minimum absolute atomic E-state index is 0.152. The number of hydrogen-bond acceptors (Lipinski definition) is 6. The van der Waals surface area contributed by atoms with Gasteiger partial charge in [0, 0.05) is 25.8 Å². The van der Waals surface area contributed by atoms with Crippen LogP contribution < -0.4 is 10.5 Å². The number of nitrogens with zero attached hydrogens (tertiary/aromatic N) is 4. The van der Waals surface area contributed by atoms with Gasteiger partial charge in [-0.25, -0.2) is 4.98 Å². The van der Waals surface area contributed by atoms with E-state index in [4.69, 9.17) is 17.2 Å². The smallest absolute Gasteiger partial charge is 0.267 e. The van der Waals surface area contributed by atoms with Crippen LogP contribution in [0.5, 0.6) is 0 Å². The van der Waals surface area contributed by atoms with Crippen molar-refractivity contribution in [2.45, 2.75) is 33.6 Å². The summed E-state index contributed by atoms with van der Waals surface area (Å²) < 4.78 is 2.10. The fraction of sp³-hybridized carbons (Fsp3) is 0.357. The van der Waals surface area contributed by atoms with Crippen LogP contribution in [0.2, 0.25) is 0 Å². The Morgan fingerprint density at radius 2 is 1.81 bits per heavy atom. The zero-order valence-electron chi connectivity index (χ0n) is 20.8. The van der Waals surface area contributed by atoms with Gasteiger partial charge in [-0.05, 0) is 54.9 Å². The second-order valence-electron chi connectivity index (χ2n) is 9.96. The maximum atomic E-state index is 13.8. The number of anilines is 1. The summed E-state index contributed by atoms with van der Waals surface area (Å²) in [4.78, 5) is 36.4. The monoisotopic (exact) mass is 518 g/mol. The van der Waals surface area contributed by atoms with E-state index in [0.717, 1.165) is 37.1 Å². The molecule has 0 aliphatic carbocycles. The van der Waals surface area contributed by atoms with E-state index >= 15 is 0 Å². The normalized spacial score (nSPS) is 21.7. The lowest BCUT2D eigenvalue weighted by atomic mass is 9.91. The molecule has 2 saturated heterocycles. The van der Waals surface area contributed by atoms with E-state index in [-0.39, 0.29) is 11.5 Å². The first-order valence-electron chi connectivity index (χ1n) is 12.4. The van der Waals surface area contributed by atoms with Crippen molar-refractivity contribution in [3.63, 3.8) is 0 Å². The average Bonchev–Trinajstić information content (AvgIpc) is 3.11. The molecular formula is C28H30N4O2S2. The van der Waals surface area contributed by atoms with Gasteiger partial charge < -0.3 is 4.90 Å². The molecule has 0 unspecified atom stereocenters. The molecular weight excluding hydrogens is 488 g/mol. The molecule has 3 aromatic rings. The zero-order chi connectivity index (χ0) is 25.4. The van der Waals surface area contributed by atoms with Gasteiger partial charge in [0.1, 0.15) is 15.8 Å². The molecule has 6 nitrogen and oxygen atoms in total. The van der Waals surface area contributed by atoms with Gasteiger partial charge >= 0.3 is 0 Å². The van der Waals surface area contributed by atoms with Crippen LogP contribution in [0.3, 0.4) is 0 Å². The maximum Gasteiger partial charge on any atom is 0.267 e. The van der Waals surface area contributed by atoms with E-state index < -0.39 is 0 Å². The number of carbonyl (C=O) groups is 1. The van der Waals surface area contributed by atoms with Gasteiger partial charge in [-0.1, -0.05) is 74.2 Å². The Kier molecular flexibility index (Phi) is 6.99. The van der Waals surface area contributed by atoms with Crippen LogP contribution in [0.15, 0.2) is 58.4 Å². The van der Waals surface area contributed by atoms with Crippen LogP contribution in [0.25, 0.3) is 11.7 Å². The number of amides is 1. The van der Waals surface area contributed by atoms with Gasteiger partial charge in [0.2, 0.25) is 0 Å². The highest BCUT2D eigenvalue weighted by Gasteiger charge is 2.33. The van der Waals surface area contributed by atoms with Crippen molar-refractivity contribution >= 4 is 51.7 Å². The summed E-state index contributed by atoms with van der Waals surface area (Å²) in [6.07, 6.45) is 5.32. The number of aryl methyl sites for hydroxylation is 1. The Bertz CT molecular complexity index is 1410. The predicted molar refractivity (Wildman–Crippen MR) is 151 cm³/mol. The predicted octanol–water partition coefficient (Wildman–Crippen LogP) is 4.93. The second-order valence-corrected chi connectivity index (χ2v) is 11.6. The van der Waals surface area contributed by atoms with Crippen LogP contribution in [0, 0.1) is 18.8 Å². The minimum Gasteiger partial charge on any atom is -0.355 e. The van der Waals surface area contributed by atoms with Crippen molar-refractivity contribution in [1.82, 2.24) is 14.3 Å². The fourth-order valence-electron chi connectivity index (χ4n) is 5.21. The molecule has 2 aliphatic heterocycles. The van der Waals surface area contributed by atoms with Crippen LogP contribution in [-0.4, -0.2) is 44.1 Å². The third kappa shape index (κ3) is 4.84. The van der Waals surface area contributed by atoms with Gasteiger partial charge in [-0.15, -0.1) is 0 Å². The third-order valence-corrected chi connectivity index (χ3v) is 8.23. The number of piperidine rings is 1. The molecule has 4 heterocycles. The Morgan fingerprint density at radius 1 is 1.08 bits per heavy atom. The number of hydrogen-bond donors (Lipinski definition) is 0. The molecule has 0 N–H and O–H groups in total. The van der Waals surface area contributed by atoms with Gasteiger partial charge in [-0.2, -0.15) is 0 Å². The zero-order valence-corrected chi connectivity index (χ0v) is 22.4. The van der Waals surface area contributed by atoms with Gasteiger partial charge in [0.05, 0.1) is 10.5 Å². The molecule has 36 heavy (non-hydrogen) atoms. The summed E-state index contributed by atoms with van der Waals surface area (Å²) in [5, 5.41) is 0. The van der Waals surface area contributed by atoms with Crippen LogP contribution in [0.1, 0.15) is 37.0 Å². The number of carbonyl (C=O) groups excluding carboxylic acids is 1. The van der Waals surface area contributed by atoms with Crippen molar-refractivity contribution in [3.05, 3.63) is 80.6 Å². The fourth-order valence-corrected chi connectivity index (χ4v) is 6.50. The highest BCUT2D eigenvalue weighted by molar-refractivity contribution is 8.26. The Hall–Kier alpha value is -2.97. The van der Waals surface area contributed by atoms with E-state index in [2.05, 4.69) is 18.7 Å². The molecule has 0 spiro atoms. The summed E-state index contributed by atoms with van der Waals surface area (Å²) in [6, 6.07) is 13.9. The second kappa shape index (κ2) is 10.2. The lowest BCUT2D eigenvalue weighted by Crippen LogP contribution is -2.40. The summed E-state index contributed by atoms with van der Waals surface area (Å²) >= 11 is 6.82. The Balaban J connectivity index is 1.54. The molecule has 1 aromatic carbocycles. The van der Waals surface area contributed by atoms with Crippen molar-refractivity contribution in [2.75, 3.05) is 24.5 Å². The average molecular weight is 519 g/mol.